The fourth-order valence-corrected chi connectivity index (χ4v) is 6.34. The number of nitrogens with one attached hydrogen (secondary N) is 1. The molecule has 15 heteroatoms. The number of para-hydroxylation sites is 1. The molecule has 2 N–H and O–H groups in total. The van der Waals surface area contributed by atoms with E-state index in [1.165, 1.54) is 12.1 Å². The Bertz CT molecular complexity index is 1910. The number of carbonyl (C=O) groups excluding carboxylic acids is 2. The predicted molar refractivity (Wildman–Crippen MR) is 185 cm³/mol. The maximum atomic E-state index is 13.4. The Kier molecular flexibility index (Phi) is 11.5. The van der Waals surface area contributed by atoms with Crippen LogP contribution in [0.2, 0.25) is 15.1 Å². The molecule has 0 radical (unpaired) electrons. The lowest BCUT2D eigenvalue weighted by Gasteiger charge is -2.23. The Balaban J connectivity index is 1.27. The van der Waals surface area contributed by atoms with Crippen LogP contribution in [-0.4, -0.2) is 66.6 Å². The standard InChI is InChI=1S/C33H33Cl3N4O7S/c1-21-26(34)7-3-9-30(21)46-13-4-10-31(41)40-12-5-14-47-32-24(6-2-8-29(32)40)23-18-38-39(19-23)20-25-27(35)16-22(17-28(25)36)33(42)37-11-15-48(43,44)45/h2-3,6-9,16-19H,4-5,10-15,20H2,1H3,(H,37,42)(H,43,44,45). The summed E-state index contributed by atoms with van der Waals surface area (Å²) >= 11 is 19.2. The second kappa shape index (κ2) is 15.6. The first-order valence-corrected chi connectivity index (χ1v) is 17.8. The lowest BCUT2D eigenvalue weighted by Crippen LogP contribution is -2.31. The van der Waals surface area contributed by atoms with E-state index in [9.17, 15) is 18.0 Å². The summed E-state index contributed by atoms with van der Waals surface area (Å²) in [5.41, 5.74) is 3.74. The molecule has 1 aliphatic heterocycles. The first-order chi connectivity index (χ1) is 22.9. The average Bonchev–Trinajstić information content (AvgIpc) is 3.39. The highest BCUT2D eigenvalue weighted by Gasteiger charge is 2.25. The van der Waals surface area contributed by atoms with Gasteiger partial charge in [-0.1, -0.05) is 53.0 Å². The third-order valence-corrected chi connectivity index (χ3v) is 9.49. The monoisotopic (exact) mass is 734 g/mol. The highest BCUT2D eigenvalue weighted by Crippen LogP contribution is 2.40. The second-order valence-electron chi connectivity index (χ2n) is 11.1. The van der Waals surface area contributed by atoms with Crippen molar-refractivity contribution in [3.05, 3.63) is 92.7 Å². The minimum Gasteiger partial charge on any atom is -0.493 e. The van der Waals surface area contributed by atoms with Gasteiger partial charge in [0.25, 0.3) is 16.0 Å². The third kappa shape index (κ3) is 8.80. The van der Waals surface area contributed by atoms with Gasteiger partial charge in [-0.05, 0) is 50.1 Å². The van der Waals surface area contributed by atoms with Gasteiger partial charge in [-0.25, -0.2) is 0 Å². The second-order valence-corrected chi connectivity index (χ2v) is 13.9. The molecule has 4 aromatic rings. The highest BCUT2D eigenvalue weighted by atomic mass is 35.5. The molecule has 254 valence electrons. The Morgan fingerprint density at radius 3 is 2.58 bits per heavy atom. The molecule has 0 bridgehead atoms. The number of hydrogen-bond acceptors (Lipinski definition) is 7. The number of hydrogen-bond donors (Lipinski definition) is 2. The summed E-state index contributed by atoms with van der Waals surface area (Å²) in [4.78, 5) is 27.6. The largest absolute Gasteiger partial charge is 0.493 e. The summed E-state index contributed by atoms with van der Waals surface area (Å²) in [7, 11) is -4.22. The number of carbonyl (C=O) groups is 2. The molecule has 0 fully saturated rings. The first-order valence-electron chi connectivity index (χ1n) is 15.1. The van der Waals surface area contributed by atoms with Gasteiger partial charge in [-0.3, -0.25) is 18.8 Å². The number of benzene rings is 3. The van der Waals surface area contributed by atoms with E-state index < -0.39 is 21.8 Å². The lowest BCUT2D eigenvalue weighted by molar-refractivity contribution is -0.118. The molecule has 0 aliphatic carbocycles. The molecular formula is C33H33Cl3N4O7S. The molecule has 2 heterocycles. The van der Waals surface area contributed by atoms with E-state index in [4.69, 9.17) is 48.8 Å². The summed E-state index contributed by atoms with van der Waals surface area (Å²) in [6.07, 6.45) is 5.00. The van der Waals surface area contributed by atoms with Crippen molar-refractivity contribution >= 4 is 62.4 Å². The van der Waals surface area contributed by atoms with Crippen LogP contribution in [0.4, 0.5) is 5.69 Å². The van der Waals surface area contributed by atoms with Crippen molar-refractivity contribution in [3.63, 3.8) is 0 Å². The van der Waals surface area contributed by atoms with Crippen LogP contribution in [0.15, 0.2) is 60.9 Å². The fraction of sp³-hybridized carbons (Fsp3) is 0.303. The summed E-state index contributed by atoms with van der Waals surface area (Å²) in [6.45, 7) is 3.16. The third-order valence-electron chi connectivity index (χ3n) is 7.68. The zero-order valence-electron chi connectivity index (χ0n) is 25.9. The van der Waals surface area contributed by atoms with E-state index >= 15 is 0 Å². The maximum absolute atomic E-state index is 13.4. The molecule has 3 aromatic carbocycles. The summed E-state index contributed by atoms with van der Waals surface area (Å²) in [5.74, 6) is 0.0581. The van der Waals surface area contributed by atoms with Crippen molar-refractivity contribution in [3.8, 4) is 22.6 Å². The normalized spacial score (nSPS) is 13.0. The van der Waals surface area contributed by atoms with E-state index in [0.29, 0.717) is 66.8 Å². The molecule has 1 aliphatic rings. The molecule has 48 heavy (non-hydrogen) atoms. The van der Waals surface area contributed by atoms with Gasteiger partial charge in [0, 0.05) is 68.6 Å². The molecular weight excluding hydrogens is 703 g/mol. The summed E-state index contributed by atoms with van der Waals surface area (Å²) in [6, 6.07) is 14.0. The number of anilines is 1. The van der Waals surface area contributed by atoms with Crippen molar-refractivity contribution < 1.29 is 32.0 Å². The van der Waals surface area contributed by atoms with Gasteiger partial charge in [-0.15, -0.1) is 0 Å². The smallest absolute Gasteiger partial charge is 0.266 e. The number of ether oxygens (including phenoxy) is 2. The van der Waals surface area contributed by atoms with Gasteiger partial charge in [0.15, 0.2) is 5.75 Å². The van der Waals surface area contributed by atoms with Crippen LogP contribution in [-0.2, 0) is 21.5 Å². The average molecular weight is 736 g/mol. The maximum Gasteiger partial charge on any atom is 0.266 e. The Morgan fingerprint density at radius 2 is 1.83 bits per heavy atom. The van der Waals surface area contributed by atoms with Gasteiger partial charge in [0.05, 0.1) is 37.4 Å². The molecule has 0 unspecified atom stereocenters. The fourth-order valence-electron chi connectivity index (χ4n) is 5.21. The van der Waals surface area contributed by atoms with Crippen LogP contribution in [0.1, 0.15) is 40.7 Å². The van der Waals surface area contributed by atoms with Crippen LogP contribution < -0.4 is 19.7 Å². The minimum absolute atomic E-state index is 0.0270. The SMILES string of the molecule is Cc1c(Cl)cccc1OCCCC(=O)N1CCCOc2c(-c3cnn(Cc4c(Cl)cc(C(=O)NCCS(=O)(=O)O)cc4Cl)c3)cccc21. The van der Waals surface area contributed by atoms with E-state index in [0.717, 1.165) is 16.7 Å². The van der Waals surface area contributed by atoms with Crippen LogP contribution in [0.5, 0.6) is 11.5 Å². The Morgan fingerprint density at radius 1 is 1.08 bits per heavy atom. The van der Waals surface area contributed by atoms with E-state index in [2.05, 4.69) is 10.4 Å². The molecule has 1 aromatic heterocycles. The molecule has 2 amide bonds. The van der Waals surface area contributed by atoms with Gasteiger partial charge in [0.2, 0.25) is 5.91 Å². The van der Waals surface area contributed by atoms with Crippen molar-refractivity contribution in [2.45, 2.75) is 32.7 Å². The summed E-state index contributed by atoms with van der Waals surface area (Å²) < 4.78 is 44.4. The molecule has 0 saturated carbocycles. The van der Waals surface area contributed by atoms with Crippen LogP contribution >= 0.6 is 34.8 Å². The number of fused-ring (bicyclic) bond motifs is 1. The van der Waals surface area contributed by atoms with Gasteiger partial charge in [0.1, 0.15) is 5.75 Å². The zero-order valence-corrected chi connectivity index (χ0v) is 29.0. The number of nitrogens with zero attached hydrogens (tertiary/aromatic N) is 3. The van der Waals surface area contributed by atoms with Crippen molar-refractivity contribution in [2.24, 2.45) is 0 Å². The van der Waals surface area contributed by atoms with E-state index in [1.807, 2.05) is 49.5 Å². The Hall–Kier alpha value is -3.81. The number of amides is 2. The van der Waals surface area contributed by atoms with Crippen LogP contribution in [0, 0.1) is 6.92 Å². The van der Waals surface area contributed by atoms with Crippen molar-refractivity contribution in [2.75, 3.05) is 37.0 Å². The van der Waals surface area contributed by atoms with Gasteiger partial charge < -0.3 is 19.7 Å². The van der Waals surface area contributed by atoms with Crippen LogP contribution in [0.3, 0.4) is 0 Å². The summed E-state index contributed by atoms with van der Waals surface area (Å²) in [5, 5.41) is 7.96. The minimum atomic E-state index is -4.22. The lowest BCUT2D eigenvalue weighted by atomic mass is 10.1. The van der Waals surface area contributed by atoms with Crippen LogP contribution in [0.25, 0.3) is 11.1 Å². The molecule has 5 rings (SSSR count). The zero-order chi connectivity index (χ0) is 34.4. The molecule has 0 spiro atoms. The number of halogens is 3. The van der Waals surface area contributed by atoms with E-state index in [-0.39, 0.29) is 34.6 Å². The highest BCUT2D eigenvalue weighted by molar-refractivity contribution is 7.85. The quantitative estimate of drug-likeness (QED) is 0.125. The molecule has 0 saturated heterocycles. The van der Waals surface area contributed by atoms with E-state index in [1.54, 1.807) is 15.8 Å². The topological polar surface area (TPSA) is 140 Å². The van der Waals surface area contributed by atoms with Gasteiger partial charge >= 0.3 is 0 Å². The Labute approximate surface area is 293 Å². The van der Waals surface area contributed by atoms with Crippen molar-refractivity contribution in [1.29, 1.82) is 0 Å². The molecule has 0 atom stereocenters. The first kappa shape index (κ1) is 35.5. The number of rotatable bonds is 12. The van der Waals surface area contributed by atoms with Crippen molar-refractivity contribution in [1.82, 2.24) is 15.1 Å². The molecule has 11 nitrogen and oxygen atoms in total. The number of aromatic nitrogens is 2. The predicted octanol–water partition coefficient (Wildman–Crippen LogP) is 6.46. The van der Waals surface area contributed by atoms with Gasteiger partial charge in [-0.2, -0.15) is 13.5 Å².